The molecule has 2 aliphatic heterocycles. The summed E-state index contributed by atoms with van der Waals surface area (Å²) < 4.78 is 22.3. The van der Waals surface area contributed by atoms with E-state index in [-0.39, 0.29) is 31.1 Å². The van der Waals surface area contributed by atoms with Crippen molar-refractivity contribution < 1.29 is 23.7 Å². The highest BCUT2D eigenvalue weighted by molar-refractivity contribution is 5.89. The first-order chi connectivity index (χ1) is 9.53. The predicted octanol–water partition coefficient (Wildman–Crippen LogP) is 2.11. The highest BCUT2D eigenvalue weighted by atomic mass is 16.8. The Morgan fingerprint density at radius 1 is 1.30 bits per heavy atom. The minimum atomic E-state index is -0.596. The van der Waals surface area contributed by atoms with Crippen LogP contribution >= 0.6 is 0 Å². The zero-order chi connectivity index (χ0) is 14.2. The van der Waals surface area contributed by atoms with Crippen molar-refractivity contribution in [2.45, 2.75) is 44.6 Å². The van der Waals surface area contributed by atoms with E-state index in [9.17, 15) is 4.79 Å². The van der Waals surface area contributed by atoms with Crippen molar-refractivity contribution >= 4 is 5.97 Å². The van der Waals surface area contributed by atoms with E-state index in [1.807, 2.05) is 19.9 Å². The van der Waals surface area contributed by atoms with E-state index in [0.29, 0.717) is 12.0 Å². The summed E-state index contributed by atoms with van der Waals surface area (Å²) in [5, 5.41) is 0. The van der Waals surface area contributed by atoms with Crippen molar-refractivity contribution in [3.05, 3.63) is 35.9 Å². The van der Waals surface area contributed by atoms with Crippen molar-refractivity contribution in [1.82, 2.24) is 0 Å². The monoisotopic (exact) mass is 278 g/mol. The summed E-state index contributed by atoms with van der Waals surface area (Å²) in [6.07, 6.45) is 0.0699. The van der Waals surface area contributed by atoms with Gasteiger partial charge in [-0.05, 0) is 26.0 Å². The Morgan fingerprint density at radius 2 is 2.05 bits per heavy atom. The summed E-state index contributed by atoms with van der Waals surface area (Å²) in [5.74, 6) is -0.936. The number of carbonyl (C=O) groups excluding carboxylic acids is 1. The maximum atomic E-state index is 11.8. The number of rotatable bonds is 3. The van der Waals surface area contributed by atoms with Crippen LogP contribution in [0.4, 0.5) is 0 Å². The van der Waals surface area contributed by atoms with Gasteiger partial charge >= 0.3 is 5.97 Å². The van der Waals surface area contributed by atoms with Gasteiger partial charge in [0.15, 0.2) is 12.1 Å². The average molecular weight is 278 g/mol. The molecule has 0 spiro atoms. The first-order valence-electron chi connectivity index (χ1n) is 6.77. The van der Waals surface area contributed by atoms with Crippen LogP contribution < -0.4 is 0 Å². The molecule has 0 N–H and O–H groups in total. The Bertz CT molecular complexity index is 468. The molecule has 5 nitrogen and oxygen atoms in total. The van der Waals surface area contributed by atoms with Crippen LogP contribution in [0, 0.1) is 0 Å². The van der Waals surface area contributed by atoms with Gasteiger partial charge in [0, 0.05) is 6.42 Å². The third kappa shape index (κ3) is 2.85. The van der Waals surface area contributed by atoms with E-state index >= 15 is 0 Å². The zero-order valence-electron chi connectivity index (χ0n) is 11.6. The van der Waals surface area contributed by atoms with Crippen LogP contribution in [0.1, 0.15) is 30.6 Å². The van der Waals surface area contributed by atoms with Crippen LogP contribution in [0.5, 0.6) is 0 Å². The maximum Gasteiger partial charge on any atom is 0.338 e. The molecule has 108 valence electrons. The van der Waals surface area contributed by atoms with Gasteiger partial charge in [-0.15, -0.1) is 0 Å². The SMILES string of the molecule is CC1(C)OC2O[C@H](COC(=O)c3ccccc3)C[C@H]2O1. The number of esters is 1. The molecule has 2 aliphatic rings. The molecule has 0 bridgehead atoms. The zero-order valence-corrected chi connectivity index (χ0v) is 11.6. The standard InChI is InChI=1S/C15H18O5/c1-15(2)19-12-8-11(18-14(12)20-15)9-17-13(16)10-6-4-3-5-7-10/h3-7,11-12,14H,8-9H2,1-2H3/t11-,12+,14?/m0/s1. The molecule has 1 unspecified atom stereocenters. The molecule has 0 radical (unpaired) electrons. The Morgan fingerprint density at radius 3 is 2.75 bits per heavy atom. The van der Waals surface area contributed by atoms with Crippen molar-refractivity contribution in [3.63, 3.8) is 0 Å². The van der Waals surface area contributed by atoms with E-state index < -0.39 is 5.79 Å². The molecule has 0 saturated carbocycles. The molecule has 1 aromatic carbocycles. The van der Waals surface area contributed by atoms with Crippen molar-refractivity contribution in [2.75, 3.05) is 6.61 Å². The molecule has 5 heteroatoms. The van der Waals surface area contributed by atoms with Gasteiger partial charge in [-0.25, -0.2) is 4.79 Å². The minimum Gasteiger partial charge on any atom is -0.459 e. The average Bonchev–Trinajstić information content (AvgIpc) is 2.90. The van der Waals surface area contributed by atoms with Gasteiger partial charge in [-0.3, -0.25) is 0 Å². The lowest BCUT2D eigenvalue weighted by Crippen LogP contribution is -2.26. The fourth-order valence-electron chi connectivity index (χ4n) is 2.52. The molecule has 2 saturated heterocycles. The lowest BCUT2D eigenvalue weighted by Gasteiger charge is -2.20. The van der Waals surface area contributed by atoms with Gasteiger partial charge in [0.05, 0.1) is 11.7 Å². The molecule has 2 fully saturated rings. The first kappa shape index (κ1) is 13.5. The molecule has 3 rings (SSSR count). The molecule has 0 aromatic heterocycles. The lowest BCUT2D eigenvalue weighted by atomic mass is 10.2. The third-order valence-electron chi connectivity index (χ3n) is 3.37. The van der Waals surface area contributed by atoms with Gasteiger partial charge in [0.25, 0.3) is 0 Å². The Balaban J connectivity index is 1.49. The van der Waals surface area contributed by atoms with Crippen molar-refractivity contribution in [3.8, 4) is 0 Å². The van der Waals surface area contributed by atoms with Gasteiger partial charge < -0.3 is 18.9 Å². The second-order valence-corrected chi connectivity index (χ2v) is 5.50. The van der Waals surface area contributed by atoms with E-state index in [4.69, 9.17) is 18.9 Å². The largest absolute Gasteiger partial charge is 0.459 e. The summed E-state index contributed by atoms with van der Waals surface area (Å²) in [6.45, 7) is 3.94. The Labute approximate surface area is 117 Å². The van der Waals surface area contributed by atoms with E-state index in [1.165, 1.54) is 0 Å². The normalized spacial score (nSPS) is 31.0. The smallest absolute Gasteiger partial charge is 0.338 e. The summed E-state index contributed by atoms with van der Waals surface area (Å²) in [5.41, 5.74) is 0.541. The number of ether oxygens (including phenoxy) is 4. The van der Waals surface area contributed by atoms with Crippen LogP contribution in [0.25, 0.3) is 0 Å². The summed E-state index contributed by atoms with van der Waals surface area (Å²) in [4.78, 5) is 11.8. The Kier molecular flexibility index (Phi) is 3.50. The van der Waals surface area contributed by atoms with Crippen LogP contribution in [-0.4, -0.2) is 36.9 Å². The fourth-order valence-corrected chi connectivity index (χ4v) is 2.52. The first-order valence-corrected chi connectivity index (χ1v) is 6.77. The number of hydrogen-bond donors (Lipinski definition) is 0. The summed E-state index contributed by atoms with van der Waals surface area (Å²) in [6, 6.07) is 8.91. The summed E-state index contributed by atoms with van der Waals surface area (Å²) in [7, 11) is 0. The molecule has 0 amide bonds. The number of hydrogen-bond acceptors (Lipinski definition) is 5. The van der Waals surface area contributed by atoms with Gasteiger partial charge in [0.1, 0.15) is 12.7 Å². The highest BCUT2D eigenvalue weighted by Crippen LogP contribution is 2.37. The van der Waals surface area contributed by atoms with Gasteiger partial charge in [-0.2, -0.15) is 0 Å². The minimum absolute atomic E-state index is 0.0783. The quantitative estimate of drug-likeness (QED) is 0.793. The number of fused-ring (bicyclic) bond motifs is 1. The van der Waals surface area contributed by atoms with E-state index in [0.717, 1.165) is 0 Å². The second-order valence-electron chi connectivity index (χ2n) is 5.50. The van der Waals surface area contributed by atoms with E-state index in [2.05, 4.69) is 0 Å². The van der Waals surface area contributed by atoms with E-state index in [1.54, 1.807) is 24.3 Å². The highest BCUT2D eigenvalue weighted by Gasteiger charge is 2.48. The molecule has 3 atom stereocenters. The third-order valence-corrected chi connectivity index (χ3v) is 3.37. The topological polar surface area (TPSA) is 54.0 Å². The van der Waals surface area contributed by atoms with Crippen LogP contribution in [-0.2, 0) is 18.9 Å². The molecular formula is C15H18O5. The Hall–Kier alpha value is -1.43. The molecule has 1 aromatic rings. The summed E-state index contributed by atoms with van der Waals surface area (Å²) >= 11 is 0. The van der Waals surface area contributed by atoms with Gasteiger partial charge in [-0.1, -0.05) is 18.2 Å². The second kappa shape index (κ2) is 5.16. The van der Waals surface area contributed by atoms with Crippen LogP contribution in [0.3, 0.4) is 0 Å². The predicted molar refractivity (Wildman–Crippen MR) is 70.0 cm³/mol. The van der Waals surface area contributed by atoms with Crippen molar-refractivity contribution in [2.24, 2.45) is 0 Å². The molecular weight excluding hydrogens is 260 g/mol. The van der Waals surface area contributed by atoms with Crippen LogP contribution in [0.2, 0.25) is 0 Å². The number of carbonyl (C=O) groups is 1. The molecule has 20 heavy (non-hydrogen) atoms. The number of benzene rings is 1. The molecule has 0 aliphatic carbocycles. The maximum absolute atomic E-state index is 11.8. The lowest BCUT2D eigenvalue weighted by molar-refractivity contribution is -0.207. The molecule has 2 heterocycles. The fraction of sp³-hybridized carbons (Fsp3) is 0.533. The van der Waals surface area contributed by atoms with Gasteiger partial charge in [0.2, 0.25) is 0 Å². The van der Waals surface area contributed by atoms with Crippen molar-refractivity contribution in [1.29, 1.82) is 0 Å². The van der Waals surface area contributed by atoms with Crippen LogP contribution in [0.15, 0.2) is 30.3 Å².